The average Bonchev–Trinajstić information content (AvgIpc) is 2.98. The summed E-state index contributed by atoms with van der Waals surface area (Å²) < 4.78 is 26.3. The van der Waals surface area contributed by atoms with Crippen molar-refractivity contribution >= 4 is 18.0 Å². The van der Waals surface area contributed by atoms with Gasteiger partial charge in [-0.1, -0.05) is 76.7 Å². The van der Waals surface area contributed by atoms with E-state index in [1.807, 2.05) is 0 Å². The standard InChI is InChI=1S/C33H59NO8/c1-4-6-8-10-12-14-16-18-20-22-31(35)40-28-30(29-41-33(37)34-24-25-39-27-26-38-3)42-32(36)23-21-19-17-15-13-11-9-7-5-2/h6-9,30H,4-5,10-29H2,1-3H3,(H,34,37)/b8-6-,9-7-. The number of esters is 2. The summed E-state index contributed by atoms with van der Waals surface area (Å²) in [6.45, 7) is 5.41. The minimum absolute atomic E-state index is 0.146. The lowest BCUT2D eigenvalue weighted by molar-refractivity contribution is -0.161. The van der Waals surface area contributed by atoms with Crippen LogP contribution in [0.4, 0.5) is 4.79 Å². The Labute approximate surface area is 255 Å². The van der Waals surface area contributed by atoms with Gasteiger partial charge in [0, 0.05) is 26.5 Å². The maximum atomic E-state index is 12.4. The fourth-order valence-corrected chi connectivity index (χ4v) is 4.00. The van der Waals surface area contributed by atoms with Gasteiger partial charge in [-0.05, 0) is 51.4 Å². The molecule has 0 spiro atoms. The van der Waals surface area contributed by atoms with Crippen molar-refractivity contribution in [3.05, 3.63) is 24.3 Å². The number of allylic oxidation sites excluding steroid dienone is 4. The molecule has 9 heteroatoms. The minimum atomic E-state index is -0.855. The molecule has 0 saturated heterocycles. The van der Waals surface area contributed by atoms with Crippen LogP contribution in [0.5, 0.6) is 0 Å². The molecule has 244 valence electrons. The number of rotatable bonds is 29. The summed E-state index contributed by atoms with van der Waals surface area (Å²) in [7, 11) is 1.59. The first-order valence-electron chi connectivity index (χ1n) is 16.2. The van der Waals surface area contributed by atoms with Crippen molar-refractivity contribution in [3.63, 3.8) is 0 Å². The number of methoxy groups -OCH3 is 1. The first-order chi connectivity index (χ1) is 20.5. The maximum Gasteiger partial charge on any atom is 0.407 e. The highest BCUT2D eigenvalue weighted by Gasteiger charge is 2.19. The fraction of sp³-hybridized carbons (Fsp3) is 0.788. The van der Waals surface area contributed by atoms with Gasteiger partial charge in [0.05, 0.1) is 19.8 Å². The van der Waals surface area contributed by atoms with Crippen LogP contribution in [-0.4, -0.2) is 70.8 Å². The Morgan fingerprint density at radius 1 is 0.643 bits per heavy atom. The molecule has 0 aromatic carbocycles. The minimum Gasteiger partial charge on any atom is -0.462 e. The number of hydrogen-bond donors (Lipinski definition) is 1. The van der Waals surface area contributed by atoms with Crippen molar-refractivity contribution in [3.8, 4) is 0 Å². The Hall–Kier alpha value is -2.39. The molecule has 0 radical (unpaired) electrons. The van der Waals surface area contributed by atoms with Crippen LogP contribution >= 0.6 is 0 Å². The number of amides is 1. The molecule has 0 heterocycles. The van der Waals surface area contributed by atoms with Crippen molar-refractivity contribution < 1.29 is 38.1 Å². The van der Waals surface area contributed by atoms with E-state index in [0.29, 0.717) is 26.2 Å². The Kier molecular flexibility index (Phi) is 29.7. The van der Waals surface area contributed by atoms with E-state index in [-0.39, 0.29) is 38.1 Å². The molecular weight excluding hydrogens is 538 g/mol. The molecule has 42 heavy (non-hydrogen) atoms. The van der Waals surface area contributed by atoms with Gasteiger partial charge in [0.2, 0.25) is 0 Å². The molecule has 0 bridgehead atoms. The monoisotopic (exact) mass is 597 g/mol. The highest BCUT2D eigenvalue weighted by atomic mass is 16.6. The first kappa shape index (κ1) is 39.6. The highest BCUT2D eigenvalue weighted by molar-refractivity contribution is 5.70. The lowest BCUT2D eigenvalue weighted by Gasteiger charge is -2.18. The second-order valence-electron chi connectivity index (χ2n) is 10.3. The van der Waals surface area contributed by atoms with Crippen LogP contribution in [0.3, 0.4) is 0 Å². The van der Waals surface area contributed by atoms with Gasteiger partial charge in [0.15, 0.2) is 6.10 Å². The molecule has 0 rings (SSSR count). The second kappa shape index (κ2) is 31.5. The van der Waals surface area contributed by atoms with E-state index in [9.17, 15) is 14.4 Å². The first-order valence-corrected chi connectivity index (χ1v) is 16.2. The normalized spacial score (nSPS) is 12.1. The zero-order chi connectivity index (χ0) is 30.9. The van der Waals surface area contributed by atoms with Gasteiger partial charge in [-0.15, -0.1) is 0 Å². The topological polar surface area (TPSA) is 109 Å². The van der Waals surface area contributed by atoms with Gasteiger partial charge in [-0.25, -0.2) is 4.79 Å². The molecular formula is C33H59NO8. The number of unbranched alkanes of at least 4 members (excludes halogenated alkanes) is 10. The summed E-state index contributed by atoms with van der Waals surface area (Å²) in [4.78, 5) is 36.8. The lowest BCUT2D eigenvalue weighted by Crippen LogP contribution is -2.34. The Bertz CT molecular complexity index is 710. The quantitative estimate of drug-likeness (QED) is 0.0416. The summed E-state index contributed by atoms with van der Waals surface area (Å²) in [6, 6.07) is 0. The van der Waals surface area contributed by atoms with Crippen LogP contribution in [-0.2, 0) is 33.3 Å². The van der Waals surface area contributed by atoms with Gasteiger partial charge < -0.3 is 29.0 Å². The Balaban J connectivity index is 4.38. The number of nitrogens with one attached hydrogen (secondary N) is 1. The van der Waals surface area contributed by atoms with Crippen molar-refractivity contribution in [1.29, 1.82) is 0 Å². The largest absolute Gasteiger partial charge is 0.462 e. The average molecular weight is 598 g/mol. The third kappa shape index (κ3) is 29.1. The molecule has 0 aliphatic carbocycles. The van der Waals surface area contributed by atoms with Crippen LogP contribution in [0.25, 0.3) is 0 Å². The molecule has 0 fully saturated rings. The third-order valence-corrected chi connectivity index (χ3v) is 6.38. The lowest BCUT2D eigenvalue weighted by atomic mass is 10.1. The molecule has 1 N–H and O–H groups in total. The van der Waals surface area contributed by atoms with E-state index in [1.54, 1.807) is 7.11 Å². The predicted octanol–water partition coefficient (Wildman–Crippen LogP) is 7.22. The van der Waals surface area contributed by atoms with Gasteiger partial charge in [0.25, 0.3) is 0 Å². The van der Waals surface area contributed by atoms with Crippen LogP contribution in [0.2, 0.25) is 0 Å². The molecule has 9 nitrogen and oxygen atoms in total. The number of carbonyl (C=O) groups excluding carboxylic acids is 3. The summed E-state index contributed by atoms with van der Waals surface area (Å²) in [5.74, 6) is -0.723. The van der Waals surface area contributed by atoms with Crippen LogP contribution in [0.1, 0.15) is 117 Å². The van der Waals surface area contributed by atoms with Crippen LogP contribution < -0.4 is 5.32 Å². The maximum absolute atomic E-state index is 12.4. The van der Waals surface area contributed by atoms with Gasteiger partial charge >= 0.3 is 18.0 Å². The zero-order valence-electron chi connectivity index (χ0n) is 26.7. The smallest absolute Gasteiger partial charge is 0.407 e. The van der Waals surface area contributed by atoms with Gasteiger partial charge in [-0.2, -0.15) is 0 Å². The van der Waals surface area contributed by atoms with E-state index in [2.05, 4.69) is 43.5 Å². The molecule has 0 aliphatic heterocycles. The number of hydrogen-bond acceptors (Lipinski definition) is 8. The summed E-state index contributed by atoms with van der Waals surface area (Å²) >= 11 is 0. The summed E-state index contributed by atoms with van der Waals surface area (Å²) in [6.07, 6.45) is 22.4. The second-order valence-corrected chi connectivity index (χ2v) is 10.3. The zero-order valence-corrected chi connectivity index (χ0v) is 26.7. The number of ether oxygens (including phenoxy) is 5. The van der Waals surface area contributed by atoms with Gasteiger partial charge in [-0.3, -0.25) is 9.59 Å². The Morgan fingerprint density at radius 3 is 1.79 bits per heavy atom. The van der Waals surface area contributed by atoms with Crippen molar-refractivity contribution in [2.45, 2.75) is 123 Å². The van der Waals surface area contributed by atoms with E-state index in [4.69, 9.17) is 23.7 Å². The van der Waals surface area contributed by atoms with E-state index >= 15 is 0 Å². The molecule has 0 aromatic rings. The van der Waals surface area contributed by atoms with Crippen LogP contribution in [0, 0.1) is 0 Å². The van der Waals surface area contributed by atoms with Gasteiger partial charge in [0.1, 0.15) is 13.2 Å². The fourth-order valence-electron chi connectivity index (χ4n) is 4.00. The molecule has 0 aliphatic rings. The van der Waals surface area contributed by atoms with E-state index in [1.165, 1.54) is 6.42 Å². The van der Waals surface area contributed by atoms with Crippen LogP contribution in [0.15, 0.2) is 24.3 Å². The van der Waals surface area contributed by atoms with E-state index in [0.717, 1.165) is 83.5 Å². The number of alkyl carbamates (subject to hydrolysis) is 1. The molecule has 1 unspecified atom stereocenters. The Morgan fingerprint density at radius 2 is 1.19 bits per heavy atom. The SMILES string of the molecule is CC/C=C\CCCCCCCC(=O)OCC(COC(=O)NCCOCCOC)OC(=O)CCCCCCC/C=C\CC. The van der Waals surface area contributed by atoms with Crippen molar-refractivity contribution in [2.75, 3.05) is 46.7 Å². The summed E-state index contributed by atoms with van der Waals surface area (Å²) in [5, 5.41) is 2.58. The molecule has 0 aromatic heterocycles. The summed E-state index contributed by atoms with van der Waals surface area (Å²) in [5.41, 5.74) is 0. The molecule has 0 saturated carbocycles. The third-order valence-electron chi connectivity index (χ3n) is 6.38. The molecule has 1 amide bonds. The number of carbonyl (C=O) groups is 3. The van der Waals surface area contributed by atoms with E-state index < -0.39 is 12.2 Å². The molecule has 1 atom stereocenters. The van der Waals surface area contributed by atoms with Crippen molar-refractivity contribution in [2.24, 2.45) is 0 Å². The predicted molar refractivity (Wildman–Crippen MR) is 166 cm³/mol. The van der Waals surface area contributed by atoms with Crippen molar-refractivity contribution in [1.82, 2.24) is 5.32 Å². The highest BCUT2D eigenvalue weighted by Crippen LogP contribution is 2.11.